The van der Waals surface area contributed by atoms with Crippen LogP contribution in [0.15, 0.2) is 30.3 Å². The van der Waals surface area contributed by atoms with Crippen LogP contribution in [-0.4, -0.2) is 28.8 Å². The Morgan fingerprint density at radius 2 is 1.96 bits per heavy atom. The van der Waals surface area contributed by atoms with Crippen molar-refractivity contribution < 1.29 is 13.2 Å². The summed E-state index contributed by atoms with van der Waals surface area (Å²) in [5, 5.41) is 12.2. The normalized spacial score (nSPS) is 17.7. The van der Waals surface area contributed by atoms with Crippen LogP contribution in [0.25, 0.3) is 0 Å². The lowest BCUT2D eigenvalue weighted by molar-refractivity contribution is -0.121. The Labute approximate surface area is 133 Å². The molecule has 0 aliphatic carbocycles. The molecule has 0 saturated carbocycles. The maximum absolute atomic E-state index is 12.2. The van der Waals surface area contributed by atoms with E-state index in [9.17, 15) is 13.2 Å². The molecule has 0 bridgehead atoms. The summed E-state index contributed by atoms with van der Waals surface area (Å²) in [6, 6.07) is 9.03. The van der Waals surface area contributed by atoms with Gasteiger partial charge >= 0.3 is 0 Å². The van der Waals surface area contributed by atoms with Gasteiger partial charge in [-0.3, -0.25) is 9.89 Å². The predicted molar refractivity (Wildman–Crippen MR) is 83.0 cm³/mol. The van der Waals surface area contributed by atoms with Crippen molar-refractivity contribution in [3.05, 3.63) is 52.8 Å². The summed E-state index contributed by atoms with van der Waals surface area (Å²) in [6.07, 6.45) is 0. The van der Waals surface area contributed by atoms with E-state index >= 15 is 0 Å². The van der Waals surface area contributed by atoms with Gasteiger partial charge in [0.1, 0.15) is 5.41 Å². The third-order valence-corrected chi connectivity index (χ3v) is 5.28. The highest BCUT2D eigenvalue weighted by atomic mass is 32.2. The van der Waals surface area contributed by atoms with Crippen molar-refractivity contribution in [1.82, 2.24) is 14.5 Å². The number of nitrogens with zero attached hydrogens (tertiary/aromatic N) is 2. The number of hydrogen-bond acceptors (Lipinski definition) is 4. The van der Waals surface area contributed by atoms with E-state index in [1.807, 2.05) is 6.07 Å². The summed E-state index contributed by atoms with van der Waals surface area (Å²) in [7, 11) is -3.82. The molecule has 0 fully saturated rings. The molecule has 2 aromatic rings. The highest BCUT2D eigenvalue weighted by molar-refractivity contribution is 7.86. The van der Waals surface area contributed by atoms with Crippen LogP contribution in [0.1, 0.15) is 29.4 Å². The van der Waals surface area contributed by atoms with E-state index in [2.05, 4.69) is 10.2 Å². The summed E-state index contributed by atoms with van der Waals surface area (Å²) in [4.78, 5) is 12.2. The van der Waals surface area contributed by atoms with Crippen LogP contribution in [-0.2, 0) is 33.5 Å². The highest BCUT2D eigenvalue weighted by Crippen LogP contribution is 2.37. The average molecular weight is 335 g/mol. The summed E-state index contributed by atoms with van der Waals surface area (Å²) in [5.41, 5.74) is 6.88. The van der Waals surface area contributed by atoms with Gasteiger partial charge in [-0.05, 0) is 12.5 Å². The number of primary amides is 1. The smallest absolute Gasteiger partial charge is 0.277 e. The number of rotatable bonds is 4. The minimum Gasteiger partial charge on any atom is -0.369 e. The van der Waals surface area contributed by atoms with Gasteiger partial charge in [0, 0.05) is 12.1 Å². The van der Waals surface area contributed by atoms with Crippen LogP contribution in [0.5, 0.6) is 0 Å². The zero-order valence-corrected chi connectivity index (χ0v) is 13.3. The monoisotopic (exact) mass is 335 g/mol. The molecule has 0 saturated heterocycles. The Bertz CT molecular complexity index is 862. The molecule has 8 nitrogen and oxygen atoms in total. The Morgan fingerprint density at radius 3 is 2.52 bits per heavy atom. The third kappa shape index (κ3) is 2.42. The fraction of sp³-hybridized carbons (Fsp3) is 0.286. The zero-order valence-electron chi connectivity index (χ0n) is 12.5. The van der Waals surface area contributed by atoms with Gasteiger partial charge in [0.05, 0.1) is 17.9 Å². The van der Waals surface area contributed by atoms with Crippen molar-refractivity contribution in [3.63, 3.8) is 0 Å². The maximum atomic E-state index is 12.2. The summed E-state index contributed by atoms with van der Waals surface area (Å²) >= 11 is 0. The number of aromatic nitrogens is 2. The fourth-order valence-electron chi connectivity index (χ4n) is 2.87. The lowest BCUT2D eigenvalue weighted by Gasteiger charge is -2.26. The molecule has 2 heterocycles. The molecule has 1 aliphatic heterocycles. The molecule has 1 atom stereocenters. The van der Waals surface area contributed by atoms with Crippen molar-refractivity contribution in [2.45, 2.75) is 25.4 Å². The second-order valence-electron chi connectivity index (χ2n) is 5.70. The van der Waals surface area contributed by atoms with E-state index in [1.165, 1.54) is 0 Å². The number of hydrogen-bond donors (Lipinski definition) is 3. The van der Waals surface area contributed by atoms with Crippen LogP contribution >= 0.6 is 0 Å². The van der Waals surface area contributed by atoms with Crippen molar-refractivity contribution in [2.75, 3.05) is 0 Å². The first-order valence-corrected chi connectivity index (χ1v) is 8.45. The molecule has 0 spiro atoms. The molecule has 3 rings (SSSR count). The van der Waals surface area contributed by atoms with Crippen LogP contribution in [0.3, 0.4) is 0 Å². The number of benzene rings is 1. The molecular weight excluding hydrogens is 318 g/mol. The number of amides is 1. The SMILES string of the molecule is CC(C(N)=O)(c1ccccc1)c1n[nH]c2c1CN(S(N)(=O)=O)C2. The quantitative estimate of drug-likeness (QED) is 0.708. The maximum Gasteiger partial charge on any atom is 0.277 e. The first-order chi connectivity index (χ1) is 10.7. The van der Waals surface area contributed by atoms with Gasteiger partial charge in [0.15, 0.2) is 0 Å². The number of nitrogens with two attached hydrogens (primary N) is 2. The lowest BCUT2D eigenvalue weighted by atomic mass is 9.77. The van der Waals surface area contributed by atoms with Gasteiger partial charge in [-0.2, -0.15) is 17.8 Å². The van der Waals surface area contributed by atoms with Crippen molar-refractivity contribution in [2.24, 2.45) is 10.9 Å². The topological polar surface area (TPSA) is 135 Å². The largest absolute Gasteiger partial charge is 0.369 e. The van der Waals surface area contributed by atoms with Gasteiger partial charge in [-0.15, -0.1) is 0 Å². The molecule has 1 unspecified atom stereocenters. The summed E-state index contributed by atoms with van der Waals surface area (Å²) in [6.45, 7) is 1.85. The Kier molecular flexibility index (Phi) is 3.51. The van der Waals surface area contributed by atoms with Crippen molar-refractivity contribution >= 4 is 16.1 Å². The molecular formula is C14H17N5O3S. The standard InChI is InChI=1S/C14H17N5O3S/c1-14(13(15)20,9-5-3-2-4-6-9)12-10-7-19(23(16,21)22)8-11(10)17-18-12/h2-6H,7-8H2,1H3,(H2,15,20)(H,17,18)(H2,16,21,22). The molecule has 1 aromatic carbocycles. The fourth-order valence-corrected chi connectivity index (χ4v) is 3.49. The van der Waals surface area contributed by atoms with Crippen LogP contribution in [0, 0.1) is 0 Å². The number of H-pyrrole nitrogens is 1. The van der Waals surface area contributed by atoms with Crippen LogP contribution in [0.2, 0.25) is 0 Å². The van der Waals surface area contributed by atoms with Gasteiger partial charge in [0.25, 0.3) is 10.2 Å². The average Bonchev–Trinajstić information content (AvgIpc) is 3.06. The van der Waals surface area contributed by atoms with E-state index in [0.717, 1.165) is 4.31 Å². The number of carbonyl (C=O) groups excluding carboxylic acids is 1. The second-order valence-corrected chi connectivity index (χ2v) is 7.24. The molecule has 9 heteroatoms. The zero-order chi connectivity index (χ0) is 16.8. The number of aromatic amines is 1. The third-order valence-electron chi connectivity index (χ3n) is 4.30. The van der Waals surface area contributed by atoms with E-state index < -0.39 is 21.5 Å². The lowest BCUT2D eigenvalue weighted by Crippen LogP contribution is -2.41. The summed E-state index contributed by atoms with van der Waals surface area (Å²) in [5.74, 6) is -0.563. The number of nitrogens with one attached hydrogen (secondary N) is 1. The second kappa shape index (κ2) is 5.15. The molecule has 1 aromatic heterocycles. The minimum absolute atomic E-state index is 0.0652. The molecule has 1 aliphatic rings. The van der Waals surface area contributed by atoms with Crippen LogP contribution in [0.4, 0.5) is 0 Å². The highest BCUT2D eigenvalue weighted by Gasteiger charge is 2.43. The Morgan fingerprint density at radius 1 is 1.30 bits per heavy atom. The Hall–Kier alpha value is -2.23. The molecule has 23 heavy (non-hydrogen) atoms. The van der Waals surface area contributed by atoms with Gasteiger partial charge in [-0.1, -0.05) is 30.3 Å². The molecule has 1 amide bonds. The first-order valence-electron chi connectivity index (χ1n) is 6.94. The van der Waals surface area contributed by atoms with E-state index in [0.29, 0.717) is 22.5 Å². The minimum atomic E-state index is -3.82. The van der Waals surface area contributed by atoms with Crippen molar-refractivity contribution in [1.29, 1.82) is 0 Å². The van der Waals surface area contributed by atoms with Crippen molar-refractivity contribution in [3.8, 4) is 0 Å². The number of fused-ring (bicyclic) bond motifs is 1. The summed E-state index contributed by atoms with van der Waals surface area (Å²) < 4.78 is 24.2. The van der Waals surface area contributed by atoms with E-state index in [-0.39, 0.29) is 13.1 Å². The van der Waals surface area contributed by atoms with E-state index in [1.54, 1.807) is 31.2 Å². The van der Waals surface area contributed by atoms with Gasteiger partial charge in [-0.25, -0.2) is 5.14 Å². The van der Waals surface area contributed by atoms with Crippen LogP contribution < -0.4 is 10.9 Å². The predicted octanol–water partition coefficient (Wildman–Crippen LogP) is -0.280. The Balaban J connectivity index is 2.11. The van der Waals surface area contributed by atoms with Gasteiger partial charge < -0.3 is 5.73 Å². The molecule has 122 valence electrons. The molecule has 5 N–H and O–H groups in total. The first kappa shape index (κ1) is 15.7. The van der Waals surface area contributed by atoms with Gasteiger partial charge in [0.2, 0.25) is 5.91 Å². The number of carbonyl (C=O) groups is 1. The molecule has 0 radical (unpaired) electrons. The van der Waals surface area contributed by atoms with E-state index in [4.69, 9.17) is 10.9 Å².